The molecule has 1 fully saturated rings. The van der Waals surface area contributed by atoms with Crippen LogP contribution in [0, 0.1) is 0 Å². The van der Waals surface area contributed by atoms with Crippen molar-refractivity contribution in [1.29, 1.82) is 0 Å². The van der Waals surface area contributed by atoms with Gasteiger partial charge in [-0.15, -0.1) is 0 Å². The van der Waals surface area contributed by atoms with Crippen molar-refractivity contribution in [3.8, 4) is 5.75 Å². The Morgan fingerprint density at radius 1 is 1.19 bits per heavy atom. The molecule has 27 heavy (non-hydrogen) atoms. The summed E-state index contributed by atoms with van der Waals surface area (Å²) in [4.78, 5) is 26.4. The molecule has 0 saturated carbocycles. The number of hydrogen-bond donors (Lipinski definition) is 2. The minimum Gasteiger partial charge on any atom is -0.484 e. The zero-order valence-electron chi connectivity index (χ0n) is 14.9. The van der Waals surface area contributed by atoms with Gasteiger partial charge >= 0.3 is 0 Å². The highest BCUT2D eigenvalue weighted by molar-refractivity contribution is 6.30. The summed E-state index contributed by atoms with van der Waals surface area (Å²) in [6.07, 6.45) is 0. The van der Waals surface area contributed by atoms with Gasteiger partial charge in [0, 0.05) is 24.7 Å². The lowest BCUT2D eigenvalue weighted by Gasteiger charge is -2.36. The number of hydrogen-bond acceptors (Lipinski definition) is 4. The fourth-order valence-corrected chi connectivity index (χ4v) is 3.21. The van der Waals surface area contributed by atoms with Crippen molar-refractivity contribution in [2.75, 3.05) is 32.8 Å². The molecule has 0 radical (unpaired) electrons. The molecule has 1 heterocycles. The van der Waals surface area contributed by atoms with Crippen molar-refractivity contribution in [3.63, 3.8) is 0 Å². The predicted molar refractivity (Wildman–Crippen MR) is 104 cm³/mol. The number of para-hydroxylation sites is 1. The maximum Gasteiger partial charge on any atom is 0.258 e. The molecule has 1 aliphatic heterocycles. The van der Waals surface area contributed by atoms with E-state index < -0.39 is 0 Å². The smallest absolute Gasteiger partial charge is 0.258 e. The first kappa shape index (κ1) is 19.2. The Hall–Kier alpha value is -2.57. The van der Waals surface area contributed by atoms with E-state index in [0.29, 0.717) is 30.4 Å². The van der Waals surface area contributed by atoms with E-state index in [-0.39, 0.29) is 31.0 Å². The number of nitrogens with zero attached hydrogens (tertiary/aromatic N) is 1. The van der Waals surface area contributed by atoms with Gasteiger partial charge in [0.05, 0.1) is 12.6 Å². The van der Waals surface area contributed by atoms with Crippen LogP contribution < -0.4 is 15.4 Å². The molecular formula is C20H22ClN3O3. The first-order valence-corrected chi connectivity index (χ1v) is 9.21. The highest BCUT2D eigenvalue weighted by Gasteiger charge is 2.28. The van der Waals surface area contributed by atoms with E-state index in [1.54, 1.807) is 23.1 Å². The Morgan fingerprint density at radius 3 is 2.78 bits per heavy atom. The molecule has 0 aliphatic carbocycles. The third kappa shape index (κ3) is 5.45. The minimum atomic E-state index is -0.332. The number of piperazine rings is 1. The van der Waals surface area contributed by atoms with Gasteiger partial charge in [-0.25, -0.2) is 0 Å². The molecule has 2 N–H and O–H groups in total. The molecule has 0 bridgehead atoms. The first-order valence-electron chi connectivity index (χ1n) is 8.83. The van der Waals surface area contributed by atoms with Crippen molar-refractivity contribution in [1.82, 2.24) is 15.5 Å². The zero-order valence-corrected chi connectivity index (χ0v) is 15.6. The van der Waals surface area contributed by atoms with E-state index in [9.17, 15) is 9.59 Å². The minimum absolute atomic E-state index is 0.0615. The average molecular weight is 388 g/mol. The van der Waals surface area contributed by atoms with E-state index in [1.807, 2.05) is 36.4 Å². The fourth-order valence-electron chi connectivity index (χ4n) is 3.01. The molecule has 2 aromatic carbocycles. The summed E-state index contributed by atoms with van der Waals surface area (Å²) >= 11 is 6.08. The first-order chi connectivity index (χ1) is 13.1. The Balaban J connectivity index is 1.53. The fraction of sp³-hybridized carbons (Fsp3) is 0.300. The van der Waals surface area contributed by atoms with Gasteiger partial charge in [-0.3, -0.25) is 9.59 Å². The Kier molecular flexibility index (Phi) is 6.68. The molecule has 7 heteroatoms. The molecule has 2 amide bonds. The van der Waals surface area contributed by atoms with Crippen molar-refractivity contribution >= 4 is 23.4 Å². The van der Waals surface area contributed by atoms with Gasteiger partial charge in [-0.05, 0) is 29.8 Å². The Bertz CT molecular complexity index is 785. The number of carbonyl (C=O) groups is 2. The largest absolute Gasteiger partial charge is 0.484 e. The molecule has 1 aliphatic rings. The topological polar surface area (TPSA) is 70.7 Å². The van der Waals surface area contributed by atoms with Crippen LogP contribution in [-0.4, -0.2) is 49.5 Å². The summed E-state index contributed by atoms with van der Waals surface area (Å²) in [5.41, 5.74) is 0.974. The van der Waals surface area contributed by atoms with E-state index in [0.717, 1.165) is 5.56 Å². The average Bonchev–Trinajstić information content (AvgIpc) is 2.71. The lowest BCUT2D eigenvalue weighted by molar-refractivity contribution is -0.136. The van der Waals surface area contributed by atoms with Crippen molar-refractivity contribution in [2.24, 2.45) is 0 Å². The Morgan fingerprint density at radius 2 is 2.00 bits per heavy atom. The predicted octanol–water partition coefficient (Wildman–Crippen LogP) is 2.01. The van der Waals surface area contributed by atoms with Crippen LogP contribution in [0.1, 0.15) is 11.6 Å². The van der Waals surface area contributed by atoms with Gasteiger partial charge in [0.1, 0.15) is 5.75 Å². The summed E-state index contributed by atoms with van der Waals surface area (Å²) in [7, 11) is 0. The van der Waals surface area contributed by atoms with Crippen LogP contribution in [0.15, 0.2) is 54.6 Å². The van der Waals surface area contributed by atoms with Crippen molar-refractivity contribution < 1.29 is 14.3 Å². The number of amides is 2. The second kappa shape index (κ2) is 9.39. The molecule has 0 spiro atoms. The summed E-state index contributed by atoms with van der Waals surface area (Å²) < 4.78 is 5.39. The molecule has 2 aromatic rings. The molecular weight excluding hydrogens is 366 g/mol. The SMILES string of the molecule is O=C(COc1ccccc1)NCC(=O)N1CCNCC1c1cccc(Cl)c1. The molecule has 1 unspecified atom stereocenters. The van der Waals surface area contributed by atoms with Gasteiger partial charge < -0.3 is 20.3 Å². The monoisotopic (exact) mass is 387 g/mol. The number of halogens is 1. The van der Waals surface area contributed by atoms with Crippen LogP contribution in [0.4, 0.5) is 0 Å². The van der Waals surface area contributed by atoms with Gasteiger partial charge in [-0.2, -0.15) is 0 Å². The maximum absolute atomic E-state index is 12.7. The van der Waals surface area contributed by atoms with Crippen LogP contribution in [0.25, 0.3) is 0 Å². The number of benzene rings is 2. The van der Waals surface area contributed by atoms with Gasteiger partial charge in [0.2, 0.25) is 5.91 Å². The third-order valence-corrected chi connectivity index (χ3v) is 4.58. The summed E-state index contributed by atoms with van der Waals surface area (Å²) in [6.45, 7) is 1.75. The summed E-state index contributed by atoms with van der Waals surface area (Å²) in [5, 5.41) is 6.56. The molecule has 3 rings (SSSR count). The molecule has 0 aromatic heterocycles. The second-order valence-corrected chi connectivity index (χ2v) is 6.68. The van der Waals surface area contributed by atoms with Crippen LogP contribution >= 0.6 is 11.6 Å². The lowest BCUT2D eigenvalue weighted by atomic mass is 10.0. The van der Waals surface area contributed by atoms with Gasteiger partial charge in [0.25, 0.3) is 5.91 Å². The lowest BCUT2D eigenvalue weighted by Crippen LogP contribution is -2.51. The zero-order chi connectivity index (χ0) is 19.1. The van der Waals surface area contributed by atoms with E-state index in [4.69, 9.17) is 16.3 Å². The van der Waals surface area contributed by atoms with Crippen molar-refractivity contribution in [2.45, 2.75) is 6.04 Å². The Labute approximate surface area is 163 Å². The number of nitrogens with one attached hydrogen (secondary N) is 2. The maximum atomic E-state index is 12.7. The number of ether oxygens (including phenoxy) is 1. The number of rotatable bonds is 6. The van der Waals surface area contributed by atoms with Gasteiger partial charge in [-0.1, -0.05) is 41.9 Å². The van der Waals surface area contributed by atoms with Crippen LogP contribution in [0.2, 0.25) is 5.02 Å². The van der Waals surface area contributed by atoms with E-state index >= 15 is 0 Å². The molecule has 6 nitrogen and oxygen atoms in total. The van der Waals surface area contributed by atoms with Crippen LogP contribution in [0.3, 0.4) is 0 Å². The molecule has 1 atom stereocenters. The van der Waals surface area contributed by atoms with Gasteiger partial charge in [0.15, 0.2) is 6.61 Å². The normalized spacial score (nSPS) is 16.6. The summed E-state index contributed by atoms with van der Waals surface area (Å²) in [5.74, 6) is 0.151. The summed E-state index contributed by atoms with van der Waals surface area (Å²) in [6, 6.07) is 16.5. The highest BCUT2D eigenvalue weighted by Crippen LogP contribution is 2.24. The molecule has 1 saturated heterocycles. The van der Waals surface area contributed by atoms with Crippen LogP contribution in [0.5, 0.6) is 5.75 Å². The molecule has 142 valence electrons. The van der Waals surface area contributed by atoms with E-state index in [2.05, 4.69) is 10.6 Å². The second-order valence-electron chi connectivity index (χ2n) is 6.24. The standard InChI is InChI=1S/C20H22ClN3O3/c21-16-6-4-5-15(11-16)18-12-22-9-10-24(18)20(26)13-23-19(25)14-27-17-7-2-1-3-8-17/h1-8,11,18,22H,9-10,12-14H2,(H,23,25). The quantitative estimate of drug-likeness (QED) is 0.795. The highest BCUT2D eigenvalue weighted by atomic mass is 35.5. The van der Waals surface area contributed by atoms with Crippen LogP contribution in [-0.2, 0) is 9.59 Å². The van der Waals surface area contributed by atoms with E-state index in [1.165, 1.54) is 0 Å². The number of carbonyl (C=O) groups excluding carboxylic acids is 2. The van der Waals surface area contributed by atoms with Crippen molar-refractivity contribution in [3.05, 3.63) is 65.2 Å². The third-order valence-electron chi connectivity index (χ3n) is 4.35.